The van der Waals surface area contributed by atoms with Crippen molar-refractivity contribution in [3.05, 3.63) is 16.8 Å². The summed E-state index contributed by atoms with van der Waals surface area (Å²) in [5.74, 6) is 1.35. The SMILES string of the molecule is Cc1nc(Sc2nnnn2CC2CCCO2)c2c(CC(C)C)csc2n1. The number of hydrogen-bond acceptors (Lipinski definition) is 8. The van der Waals surface area contributed by atoms with E-state index in [1.165, 1.54) is 17.3 Å². The molecule has 0 N–H and O–H groups in total. The van der Waals surface area contributed by atoms with E-state index in [1.807, 2.05) is 11.6 Å². The van der Waals surface area contributed by atoms with Crippen LogP contribution in [0, 0.1) is 12.8 Å². The topological polar surface area (TPSA) is 78.6 Å². The standard InChI is InChI=1S/C17H22N6OS2/c1-10(2)7-12-9-25-15-14(12)16(19-11(3)18-15)26-17-20-21-22-23(17)8-13-5-4-6-24-13/h9-10,13H,4-8H2,1-3H3. The maximum Gasteiger partial charge on any atom is 0.215 e. The zero-order chi connectivity index (χ0) is 18.1. The van der Waals surface area contributed by atoms with E-state index in [9.17, 15) is 0 Å². The highest BCUT2D eigenvalue weighted by Gasteiger charge is 2.21. The van der Waals surface area contributed by atoms with Crippen molar-refractivity contribution in [2.45, 2.75) is 62.9 Å². The van der Waals surface area contributed by atoms with Gasteiger partial charge in [0.15, 0.2) is 0 Å². The van der Waals surface area contributed by atoms with Crippen molar-refractivity contribution in [2.24, 2.45) is 5.92 Å². The van der Waals surface area contributed by atoms with E-state index in [0.717, 1.165) is 52.1 Å². The van der Waals surface area contributed by atoms with Gasteiger partial charge in [0.25, 0.3) is 0 Å². The lowest BCUT2D eigenvalue weighted by Gasteiger charge is -2.11. The lowest BCUT2D eigenvalue weighted by Crippen LogP contribution is -2.16. The number of nitrogens with zero attached hydrogens (tertiary/aromatic N) is 6. The summed E-state index contributed by atoms with van der Waals surface area (Å²) in [6.45, 7) is 7.90. The average molecular weight is 391 g/mol. The molecule has 1 atom stereocenters. The molecule has 1 aliphatic heterocycles. The number of thiophene rings is 1. The molecule has 0 spiro atoms. The molecule has 0 amide bonds. The van der Waals surface area contributed by atoms with Crippen LogP contribution in [0.25, 0.3) is 10.2 Å². The second-order valence-corrected chi connectivity index (χ2v) is 8.81. The van der Waals surface area contributed by atoms with E-state index in [0.29, 0.717) is 12.5 Å². The molecule has 1 fully saturated rings. The molecule has 7 nitrogen and oxygen atoms in total. The molecular formula is C17H22N6OS2. The summed E-state index contributed by atoms with van der Waals surface area (Å²) in [5.41, 5.74) is 1.31. The number of fused-ring (bicyclic) bond motifs is 1. The zero-order valence-corrected chi connectivity index (χ0v) is 16.8. The summed E-state index contributed by atoms with van der Waals surface area (Å²) >= 11 is 3.20. The van der Waals surface area contributed by atoms with Crippen LogP contribution in [0.3, 0.4) is 0 Å². The molecular weight excluding hydrogens is 368 g/mol. The Morgan fingerprint density at radius 1 is 1.38 bits per heavy atom. The first-order valence-corrected chi connectivity index (χ1v) is 10.6. The van der Waals surface area contributed by atoms with E-state index in [1.54, 1.807) is 11.3 Å². The molecule has 3 aromatic rings. The highest BCUT2D eigenvalue weighted by Crippen LogP contribution is 2.36. The zero-order valence-electron chi connectivity index (χ0n) is 15.2. The van der Waals surface area contributed by atoms with Gasteiger partial charge in [0.05, 0.1) is 12.6 Å². The Morgan fingerprint density at radius 3 is 3.04 bits per heavy atom. The van der Waals surface area contributed by atoms with Crippen molar-refractivity contribution in [3.63, 3.8) is 0 Å². The monoisotopic (exact) mass is 390 g/mol. The van der Waals surface area contributed by atoms with Crippen LogP contribution in [0.1, 0.15) is 38.1 Å². The lowest BCUT2D eigenvalue weighted by molar-refractivity contribution is 0.0912. The summed E-state index contributed by atoms with van der Waals surface area (Å²) in [4.78, 5) is 10.4. The highest BCUT2D eigenvalue weighted by molar-refractivity contribution is 7.99. The van der Waals surface area contributed by atoms with Crippen molar-refractivity contribution in [2.75, 3.05) is 6.61 Å². The fourth-order valence-electron chi connectivity index (χ4n) is 3.18. The van der Waals surface area contributed by atoms with Crippen LogP contribution in [-0.4, -0.2) is 42.9 Å². The van der Waals surface area contributed by atoms with E-state index in [4.69, 9.17) is 9.72 Å². The van der Waals surface area contributed by atoms with Crippen LogP contribution in [0.2, 0.25) is 0 Å². The Labute approximate surface area is 160 Å². The fourth-order valence-corrected chi connectivity index (χ4v) is 5.22. The van der Waals surface area contributed by atoms with Gasteiger partial charge in [-0.1, -0.05) is 13.8 Å². The van der Waals surface area contributed by atoms with Gasteiger partial charge in [-0.15, -0.1) is 16.4 Å². The van der Waals surface area contributed by atoms with Gasteiger partial charge in [0.1, 0.15) is 15.7 Å². The minimum Gasteiger partial charge on any atom is -0.376 e. The number of rotatable bonds is 6. The second kappa shape index (κ2) is 7.58. The van der Waals surface area contributed by atoms with Gasteiger partial charge < -0.3 is 4.74 Å². The average Bonchev–Trinajstić information content (AvgIpc) is 3.31. The molecule has 1 aliphatic rings. The molecule has 4 heterocycles. The largest absolute Gasteiger partial charge is 0.376 e. The van der Waals surface area contributed by atoms with E-state index < -0.39 is 0 Å². The van der Waals surface area contributed by atoms with Crippen molar-refractivity contribution in [1.29, 1.82) is 0 Å². The molecule has 138 valence electrons. The summed E-state index contributed by atoms with van der Waals surface area (Å²) in [7, 11) is 0. The number of aryl methyl sites for hydroxylation is 1. The molecule has 1 saturated heterocycles. The fraction of sp³-hybridized carbons (Fsp3) is 0.588. The van der Waals surface area contributed by atoms with E-state index in [2.05, 4.69) is 39.7 Å². The third-order valence-electron chi connectivity index (χ3n) is 4.30. The summed E-state index contributed by atoms with van der Waals surface area (Å²) in [6, 6.07) is 0. The van der Waals surface area contributed by atoms with Gasteiger partial charge in [-0.05, 0) is 65.2 Å². The Hall–Kier alpha value is -1.58. The summed E-state index contributed by atoms with van der Waals surface area (Å²) < 4.78 is 7.55. The first kappa shape index (κ1) is 17.8. The van der Waals surface area contributed by atoms with E-state index in [-0.39, 0.29) is 6.10 Å². The Balaban J connectivity index is 1.66. The van der Waals surface area contributed by atoms with Crippen LogP contribution in [0.5, 0.6) is 0 Å². The normalized spacial score (nSPS) is 17.6. The van der Waals surface area contributed by atoms with Crippen molar-refractivity contribution in [1.82, 2.24) is 30.2 Å². The number of hydrogen-bond donors (Lipinski definition) is 0. The second-order valence-electron chi connectivity index (χ2n) is 7.00. The Bertz CT molecular complexity index is 900. The predicted octanol–water partition coefficient (Wildman–Crippen LogP) is 3.51. The first-order chi connectivity index (χ1) is 12.6. The van der Waals surface area contributed by atoms with Crippen molar-refractivity contribution >= 4 is 33.3 Å². The smallest absolute Gasteiger partial charge is 0.215 e. The van der Waals surface area contributed by atoms with Gasteiger partial charge in [0, 0.05) is 12.0 Å². The number of tetrazole rings is 1. The van der Waals surface area contributed by atoms with Crippen LogP contribution >= 0.6 is 23.1 Å². The third-order valence-corrected chi connectivity index (χ3v) is 6.19. The highest BCUT2D eigenvalue weighted by atomic mass is 32.2. The molecule has 1 unspecified atom stereocenters. The number of ether oxygens (including phenoxy) is 1. The maximum absolute atomic E-state index is 5.72. The van der Waals surface area contributed by atoms with Gasteiger partial charge in [0.2, 0.25) is 5.16 Å². The molecule has 0 radical (unpaired) electrons. The van der Waals surface area contributed by atoms with Crippen LogP contribution in [0.15, 0.2) is 15.6 Å². The van der Waals surface area contributed by atoms with Gasteiger partial charge in [-0.2, -0.15) is 0 Å². The lowest BCUT2D eigenvalue weighted by atomic mass is 10.0. The molecule has 9 heteroatoms. The Morgan fingerprint density at radius 2 is 2.27 bits per heavy atom. The molecule has 0 aliphatic carbocycles. The number of aromatic nitrogens is 6. The minimum atomic E-state index is 0.197. The van der Waals surface area contributed by atoms with Gasteiger partial charge in [-0.3, -0.25) is 0 Å². The summed E-state index contributed by atoms with van der Waals surface area (Å²) in [5, 5.41) is 17.3. The molecule has 4 rings (SSSR count). The van der Waals surface area contributed by atoms with Gasteiger partial charge in [-0.25, -0.2) is 14.6 Å². The van der Waals surface area contributed by atoms with Crippen molar-refractivity contribution < 1.29 is 4.74 Å². The Kier molecular flexibility index (Phi) is 5.19. The molecule has 26 heavy (non-hydrogen) atoms. The van der Waals surface area contributed by atoms with Crippen LogP contribution in [-0.2, 0) is 17.7 Å². The first-order valence-electron chi connectivity index (χ1n) is 8.90. The molecule has 0 bridgehead atoms. The minimum absolute atomic E-state index is 0.197. The van der Waals surface area contributed by atoms with Crippen LogP contribution < -0.4 is 0 Å². The molecule has 3 aromatic heterocycles. The van der Waals surface area contributed by atoms with Crippen LogP contribution in [0.4, 0.5) is 0 Å². The van der Waals surface area contributed by atoms with Crippen molar-refractivity contribution in [3.8, 4) is 0 Å². The predicted molar refractivity (Wildman–Crippen MR) is 102 cm³/mol. The third kappa shape index (κ3) is 3.74. The molecule has 0 aromatic carbocycles. The quantitative estimate of drug-likeness (QED) is 0.596. The van der Waals surface area contributed by atoms with E-state index >= 15 is 0 Å². The maximum atomic E-state index is 5.72. The molecule has 0 saturated carbocycles. The van der Waals surface area contributed by atoms with Gasteiger partial charge >= 0.3 is 0 Å². The summed E-state index contributed by atoms with van der Waals surface area (Å²) in [6.07, 6.45) is 3.38.